The number of carbonyl (C=O) groups excluding carboxylic acids is 1. The second kappa shape index (κ2) is 4.63. The minimum absolute atomic E-state index is 0. The van der Waals surface area contributed by atoms with E-state index in [1.54, 1.807) is 13.1 Å². The fraction of sp³-hybridized carbons (Fsp3) is 0.500. The van der Waals surface area contributed by atoms with Crippen molar-refractivity contribution in [1.29, 1.82) is 0 Å². The van der Waals surface area contributed by atoms with Gasteiger partial charge in [0.05, 0.1) is 11.8 Å². The molecule has 0 saturated carbocycles. The van der Waals surface area contributed by atoms with Crippen LogP contribution in [-0.4, -0.2) is 17.4 Å². The zero-order valence-corrected chi connectivity index (χ0v) is 8.58. The summed E-state index contributed by atoms with van der Waals surface area (Å²) in [6.07, 6.45) is 1.58. The Balaban J connectivity index is 0.00000121. The van der Waals surface area contributed by atoms with Gasteiger partial charge >= 0.3 is 0 Å². The van der Waals surface area contributed by atoms with Crippen LogP contribution in [0.2, 0.25) is 0 Å². The van der Waals surface area contributed by atoms with Crippen molar-refractivity contribution >= 4 is 35.5 Å². The first-order valence-electron chi connectivity index (χ1n) is 3.50. The molecular weight excluding hydrogens is 197 g/mol. The highest BCUT2D eigenvalue weighted by Gasteiger charge is 2.22. The number of ketones is 1. The lowest BCUT2D eigenvalue weighted by Gasteiger charge is -2.14. The molecule has 0 aliphatic carbocycles. The molecule has 1 aliphatic heterocycles. The number of nitrogens with zero attached hydrogens (tertiary/aromatic N) is 1. The van der Waals surface area contributed by atoms with Gasteiger partial charge in [-0.15, -0.1) is 24.0 Å². The van der Waals surface area contributed by atoms with Crippen molar-refractivity contribution in [3.8, 4) is 0 Å². The van der Waals surface area contributed by atoms with E-state index >= 15 is 0 Å². The molecule has 68 valence electrons. The van der Waals surface area contributed by atoms with Gasteiger partial charge in [-0.25, -0.2) is 0 Å². The zero-order chi connectivity index (χ0) is 8.43. The highest BCUT2D eigenvalue weighted by atomic mass is 35.5. The van der Waals surface area contributed by atoms with Crippen LogP contribution in [0.5, 0.6) is 0 Å². The molecule has 1 unspecified atom stereocenters. The van der Waals surface area contributed by atoms with Gasteiger partial charge in [0.15, 0.2) is 5.78 Å². The molecule has 2 nitrogen and oxygen atoms in total. The van der Waals surface area contributed by atoms with Crippen LogP contribution in [0.4, 0.5) is 0 Å². The van der Waals surface area contributed by atoms with Crippen LogP contribution in [0, 0.1) is 5.92 Å². The average Bonchev–Trinajstić information content (AvgIpc) is 2.01. The smallest absolute Gasteiger partial charge is 0.168 e. The topological polar surface area (TPSA) is 29.4 Å². The second-order valence-corrected chi connectivity index (χ2v) is 2.92. The molecule has 0 fully saturated rings. The number of alkyl halides is 1. The zero-order valence-electron chi connectivity index (χ0n) is 7.00. The summed E-state index contributed by atoms with van der Waals surface area (Å²) in [5.41, 5.74) is 1.48. The third-order valence-electron chi connectivity index (χ3n) is 1.84. The molecule has 1 atom stereocenters. The van der Waals surface area contributed by atoms with E-state index < -0.39 is 0 Å². The standard InChI is InChI=1S/C8H10ClNO.ClH/c1-5-4-10-7(3-9)6(2)8(5)11;/h4,6H,3H2,1-2H3;1H. The number of aliphatic imine (C=N–C) groups is 1. The molecule has 4 heteroatoms. The number of hydrogen-bond acceptors (Lipinski definition) is 2. The fourth-order valence-electron chi connectivity index (χ4n) is 0.998. The van der Waals surface area contributed by atoms with Crippen molar-refractivity contribution < 1.29 is 4.79 Å². The summed E-state index contributed by atoms with van der Waals surface area (Å²) >= 11 is 5.58. The van der Waals surface area contributed by atoms with E-state index in [1.165, 1.54) is 0 Å². The molecule has 0 aromatic heterocycles. The van der Waals surface area contributed by atoms with Gasteiger partial charge in [0.25, 0.3) is 0 Å². The maximum absolute atomic E-state index is 11.3. The van der Waals surface area contributed by atoms with Gasteiger partial charge in [0, 0.05) is 17.5 Å². The summed E-state index contributed by atoms with van der Waals surface area (Å²) in [7, 11) is 0. The van der Waals surface area contributed by atoms with Crippen molar-refractivity contribution in [1.82, 2.24) is 0 Å². The monoisotopic (exact) mass is 207 g/mol. The lowest BCUT2D eigenvalue weighted by molar-refractivity contribution is -0.117. The minimum atomic E-state index is -0.127. The maximum atomic E-state index is 11.3. The Morgan fingerprint density at radius 2 is 2.25 bits per heavy atom. The molecule has 1 rings (SSSR count). The third kappa shape index (κ3) is 2.08. The van der Waals surface area contributed by atoms with Crippen molar-refractivity contribution in [2.75, 3.05) is 5.88 Å². The average molecular weight is 208 g/mol. The molecule has 0 spiro atoms. The highest BCUT2D eigenvalue weighted by Crippen LogP contribution is 2.14. The van der Waals surface area contributed by atoms with E-state index in [1.807, 2.05) is 6.92 Å². The van der Waals surface area contributed by atoms with Crippen molar-refractivity contribution in [3.05, 3.63) is 11.8 Å². The van der Waals surface area contributed by atoms with Crippen LogP contribution in [0.1, 0.15) is 13.8 Å². The van der Waals surface area contributed by atoms with E-state index in [0.717, 1.165) is 5.71 Å². The lowest BCUT2D eigenvalue weighted by atomic mass is 9.95. The first kappa shape index (κ1) is 11.7. The van der Waals surface area contributed by atoms with Gasteiger partial charge in [-0.2, -0.15) is 0 Å². The number of halogens is 2. The van der Waals surface area contributed by atoms with Crippen LogP contribution in [0.15, 0.2) is 16.8 Å². The Bertz CT molecular complexity index is 245. The van der Waals surface area contributed by atoms with E-state index in [-0.39, 0.29) is 24.1 Å². The number of hydrogen-bond donors (Lipinski definition) is 0. The Labute approximate surface area is 83.1 Å². The first-order chi connectivity index (χ1) is 5.16. The summed E-state index contributed by atoms with van der Waals surface area (Å²) in [5.74, 6) is 0.351. The van der Waals surface area contributed by atoms with Gasteiger partial charge in [-0.3, -0.25) is 9.79 Å². The third-order valence-corrected chi connectivity index (χ3v) is 2.12. The van der Waals surface area contributed by atoms with E-state index in [9.17, 15) is 4.79 Å². The minimum Gasteiger partial charge on any atom is -0.294 e. The van der Waals surface area contributed by atoms with Gasteiger partial charge in [0.2, 0.25) is 0 Å². The maximum Gasteiger partial charge on any atom is 0.168 e. The van der Waals surface area contributed by atoms with Crippen LogP contribution in [0.3, 0.4) is 0 Å². The molecule has 0 N–H and O–H groups in total. The highest BCUT2D eigenvalue weighted by molar-refractivity contribution is 6.32. The van der Waals surface area contributed by atoms with Crippen LogP contribution in [0.25, 0.3) is 0 Å². The molecule has 0 bridgehead atoms. The summed E-state index contributed by atoms with van der Waals surface area (Å²) in [5, 5.41) is 0. The first-order valence-corrected chi connectivity index (χ1v) is 4.03. The number of Topliss-reactive ketones (excluding diaryl/α,β-unsaturated/α-hetero) is 1. The predicted octanol–water partition coefficient (Wildman–Crippen LogP) is 2.21. The largest absolute Gasteiger partial charge is 0.294 e. The van der Waals surface area contributed by atoms with Crippen molar-refractivity contribution in [3.63, 3.8) is 0 Å². The Hall–Kier alpha value is -0.340. The second-order valence-electron chi connectivity index (χ2n) is 2.65. The summed E-state index contributed by atoms with van der Waals surface area (Å²) in [4.78, 5) is 15.3. The Morgan fingerprint density at radius 3 is 2.75 bits per heavy atom. The normalized spacial score (nSPS) is 22.6. The molecule has 12 heavy (non-hydrogen) atoms. The SMILES string of the molecule is CC1=CN=C(CCl)C(C)C1=O.Cl. The van der Waals surface area contributed by atoms with Crippen LogP contribution >= 0.6 is 24.0 Å². The molecular formula is C8H11Cl2NO. The summed E-state index contributed by atoms with van der Waals surface area (Å²) in [6, 6.07) is 0. The van der Waals surface area contributed by atoms with Gasteiger partial charge in [-0.1, -0.05) is 0 Å². The molecule has 0 saturated heterocycles. The van der Waals surface area contributed by atoms with Crippen molar-refractivity contribution in [2.45, 2.75) is 13.8 Å². The molecule has 0 amide bonds. The molecule has 0 aromatic carbocycles. The molecule has 0 aromatic rings. The van der Waals surface area contributed by atoms with E-state index in [4.69, 9.17) is 11.6 Å². The van der Waals surface area contributed by atoms with Gasteiger partial charge in [0.1, 0.15) is 0 Å². The van der Waals surface area contributed by atoms with E-state index in [2.05, 4.69) is 4.99 Å². The van der Waals surface area contributed by atoms with Crippen LogP contribution in [-0.2, 0) is 4.79 Å². The summed E-state index contributed by atoms with van der Waals surface area (Å²) in [6.45, 7) is 3.60. The van der Waals surface area contributed by atoms with Gasteiger partial charge in [-0.05, 0) is 13.8 Å². The number of carbonyl (C=O) groups is 1. The molecule has 1 aliphatic rings. The number of allylic oxidation sites excluding steroid dienone is 1. The Morgan fingerprint density at radius 1 is 1.67 bits per heavy atom. The number of rotatable bonds is 1. The predicted molar refractivity (Wildman–Crippen MR) is 53.3 cm³/mol. The quantitative estimate of drug-likeness (QED) is 0.607. The van der Waals surface area contributed by atoms with Gasteiger partial charge < -0.3 is 0 Å². The van der Waals surface area contributed by atoms with E-state index in [0.29, 0.717) is 11.5 Å². The Kier molecular flexibility index (Phi) is 4.50. The van der Waals surface area contributed by atoms with Crippen LogP contribution < -0.4 is 0 Å². The molecule has 0 radical (unpaired) electrons. The lowest BCUT2D eigenvalue weighted by Crippen LogP contribution is -2.25. The fourth-order valence-corrected chi connectivity index (χ4v) is 1.30. The summed E-state index contributed by atoms with van der Waals surface area (Å²) < 4.78 is 0. The van der Waals surface area contributed by atoms with Crippen molar-refractivity contribution in [2.24, 2.45) is 10.9 Å². The molecule has 1 heterocycles.